The summed E-state index contributed by atoms with van der Waals surface area (Å²) in [5, 5.41) is 18.8. The molecule has 37 heavy (non-hydrogen) atoms. The summed E-state index contributed by atoms with van der Waals surface area (Å²) in [6, 6.07) is 20.0. The SMILES string of the molecule is CC(C)CC(N[PH](=O)CCc1cccc2ccccc12)C(=O)NC(Cc1c[nH]c2ccccc12)C(=O)O. The molecule has 0 spiro atoms. The number of hydrogen-bond acceptors (Lipinski definition) is 3. The first-order valence-corrected chi connectivity index (χ1v) is 14.3. The number of carboxylic acids is 1. The molecule has 0 bridgehead atoms. The molecule has 0 saturated carbocycles. The van der Waals surface area contributed by atoms with Crippen LogP contribution < -0.4 is 10.4 Å². The second-order valence-corrected chi connectivity index (χ2v) is 11.5. The van der Waals surface area contributed by atoms with Gasteiger partial charge in [0.05, 0.1) is 6.04 Å². The van der Waals surface area contributed by atoms with E-state index >= 15 is 0 Å². The molecule has 4 N–H and O–H groups in total. The Hall–Kier alpha value is -3.41. The van der Waals surface area contributed by atoms with Crippen LogP contribution in [-0.2, 0) is 27.0 Å². The van der Waals surface area contributed by atoms with Crippen LogP contribution in [0.25, 0.3) is 21.7 Å². The molecular weight excluding hydrogens is 485 g/mol. The van der Waals surface area contributed by atoms with Crippen molar-refractivity contribution in [1.29, 1.82) is 0 Å². The highest BCUT2D eigenvalue weighted by Gasteiger charge is 2.27. The van der Waals surface area contributed by atoms with Crippen LogP contribution in [0.3, 0.4) is 0 Å². The number of aromatic nitrogens is 1. The highest BCUT2D eigenvalue weighted by Crippen LogP contribution is 2.25. The minimum absolute atomic E-state index is 0.149. The fraction of sp³-hybridized carbons (Fsp3) is 0.310. The summed E-state index contributed by atoms with van der Waals surface area (Å²) in [6.07, 6.45) is 3.42. The van der Waals surface area contributed by atoms with E-state index in [1.165, 1.54) is 0 Å². The van der Waals surface area contributed by atoms with Crippen LogP contribution in [0.2, 0.25) is 0 Å². The molecule has 4 aromatic rings. The van der Waals surface area contributed by atoms with E-state index in [1.807, 2.05) is 62.4 Å². The average molecular weight is 520 g/mol. The Balaban J connectivity index is 1.41. The van der Waals surface area contributed by atoms with Crippen molar-refractivity contribution in [2.75, 3.05) is 6.16 Å². The van der Waals surface area contributed by atoms with Crippen LogP contribution in [0, 0.1) is 5.92 Å². The lowest BCUT2D eigenvalue weighted by Gasteiger charge is -2.23. The molecule has 8 heteroatoms. The van der Waals surface area contributed by atoms with E-state index in [4.69, 9.17) is 0 Å². The molecule has 3 atom stereocenters. The van der Waals surface area contributed by atoms with Crippen molar-refractivity contribution in [2.24, 2.45) is 5.92 Å². The van der Waals surface area contributed by atoms with Gasteiger partial charge in [-0.05, 0) is 46.7 Å². The summed E-state index contributed by atoms with van der Waals surface area (Å²) in [6.45, 7) is 3.96. The third kappa shape index (κ3) is 6.88. The molecule has 0 aliphatic rings. The Bertz CT molecular complexity index is 1410. The molecule has 0 fully saturated rings. The molecule has 0 aliphatic heterocycles. The quantitative estimate of drug-likeness (QED) is 0.193. The zero-order chi connectivity index (χ0) is 26.4. The van der Waals surface area contributed by atoms with Crippen LogP contribution in [0.5, 0.6) is 0 Å². The number of carbonyl (C=O) groups excluding carboxylic acids is 1. The summed E-state index contributed by atoms with van der Waals surface area (Å²) in [4.78, 5) is 28.4. The smallest absolute Gasteiger partial charge is 0.326 e. The Morgan fingerprint density at radius 2 is 1.62 bits per heavy atom. The number of nitrogens with one attached hydrogen (secondary N) is 3. The number of aliphatic carboxylic acids is 1. The van der Waals surface area contributed by atoms with E-state index in [0.717, 1.165) is 32.8 Å². The zero-order valence-corrected chi connectivity index (χ0v) is 22.2. The van der Waals surface area contributed by atoms with Crippen LogP contribution in [-0.4, -0.2) is 40.2 Å². The van der Waals surface area contributed by atoms with Crippen molar-refractivity contribution in [2.45, 2.75) is 45.2 Å². The first kappa shape index (κ1) is 26.6. The standard InChI is InChI=1S/C29H34N3O4P/c1-19(2)16-26(32-37(36)15-14-21-10-7-9-20-8-3-4-11-23(20)21)28(33)31-27(29(34)35)17-22-18-30-25-13-6-5-12-24(22)25/h3-13,18-19,26-27,30,37H,14-17H2,1-2H3,(H,31,33)(H,32,36)(H,34,35). The number of benzene rings is 3. The van der Waals surface area contributed by atoms with Crippen LogP contribution in [0.15, 0.2) is 72.9 Å². The first-order chi connectivity index (χ1) is 17.8. The Morgan fingerprint density at radius 1 is 0.919 bits per heavy atom. The summed E-state index contributed by atoms with van der Waals surface area (Å²) in [5.74, 6) is -1.39. The highest BCUT2D eigenvalue weighted by atomic mass is 31.1. The summed E-state index contributed by atoms with van der Waals surface area (Å²) >= 11 is 0. The average Bonchev–Trinajstić information content (AvgIpc) is 3.29. The van der Waals surface area contributed by atoms with Gasteiger partial charge in [-0.25, -0.2) is 4.79 Å². The number of carbonyl (C=O) groups is 2. The van der Waals surface area contributed by atoms with Gasteiger partial charge in [-0.1, -0.05) is 74.5 Å². The normalized spacial score (nSPS) is 14.0. The predicted octanol–water partition coefficient (Wildman–Crippen LogP) is 5.15. The van der Waals surface area contributed by atoms with Gasteiger partial charge in [0.1, 0.15) is 14.0 Å². The Morgan fingerprint density at radius 3 is 2.38 bits per heavy atom. The van der Waals surface area contributed by atoms with Crippen molar-refractivity contribution in [1.82, 2.24) is 15.4 Å². The van der Waals surface area contributed by atoms with Crippen LogP contribution >= 0.6 is 7.95 Å². The largest absolute Gasteiger partial charge is 0.480 e. The number of rotatable bonds is 12. The van der Waals surface area contributed by atoms with E-state index in [-0.39, 0.29) is 12.3 Å². The number of carboxylic acid groups (broad SMARTS) is 1. The van der Waals surface area contributed by atoms with Gasteiger partial charge in [0.25, 0.3) is 0 Å². The molecule has 1 heterocycles. The maximum Gasteiger partial charge on any atom is 0.326 e. The molecule has 3 unspecified atom stereocenters. The molecule has 0 aliphatic carbocycles. The Labute approximate surface area is 217 Å². The van der Waals surface area contributed by atoms with Crippen molar-refractivity contribution < 1.29 is 19.3 Å². The van der Waals surface area contributed by atoms with E-state index in [9.17, 15) is 19.3 Å². The number of aromatic amines is 1. The maximum absolute atomic E-state index is 13.2. The highest BCUT2D eigenvalue weighted by molar-refractivity contribution is 7.42. The zero-order valence-electron chi connectivity index (χ0n) is 21.2. The van der Waals surface area contributed by atoms with Crippen molar-refractivity contribution in [3.05, 3.63) is 84.1 Å². The number of amides is 1. The minimum atomic E-state index is -2.29. The fourth-order valence-corrected chi connectivity index (χ4v) is 6.00. The molecule has 194 valence electrons. The van der Waals surface area contributed by atoms with Gasteiger partial charge in [0, 0.05) is 29.7 Å². The van der Waals surface area contributed by atoms with Gasteiger partial charge in [-0.3, -0.25) is 9.88 Å². The monoisotopic (exact) mass is 519 g/mol. The topological polar surface area (TPSA) is 111 Å². The molecule has 0 radical (unpaired) electrons. The van der Waals surface area contributed by atoms with E-state index in [2.05, 4.69) is 33.6 Å². The molecule has 3 aromatic carbocycles. The van der Waals surface area contributed by atoms with E-state index in [0.29, 0.717) is 19.0 Å². The van der Waals surface area contributed by atoms with Gasteiger partial charge in [0.15, 0.2) is 0 Å². The lowest BCUT2D eigenvalue weighted by molar-refractivity contribution is -0.142. The third-order valence-electron chi connectivity index (χ3n) is 6.57. The second kappa shape index (κ2) is 12.2. The number of para-hydroxylation sites is 1. The van der Waals surface area contributed by atoms with Crippen molar-refractivity contribution >= 4 is 41.5 Å². The maximum atomic E-state index is 13.2. The molecule has 1 amide bonds. The minimum Gasteiger partial charge on any atom is -0.480 e. The van der Waals surface area contributed by atoms with Crippen molar-refractivity contribution in [3.8, 4) is 0 Å². The molecule has 4 rings (SSSR count). The number of H-pyrrole nitrogens is 1. The predicted molar refractivity (Wildman–Crippen MR) is 149 cm³/mol. The molecule has 1 aromatic heterocycles. The second-order valence-electron chi connectivity index (χ2n) is 9.85. The van der Waals surface area contributed by atoms with Crippen LogP contribution in [0.4, 0.5) is 0 Å². The number of hydrogen-bond donors (Lipinski definition) is 4. The molecular formula is C29H34N3O4P. The number of aryl methyl sites for hydroxylation is 1. The fourth-order valence-electron chi connectivity index (χ4n) is 4.72. The lowest BCUT2D eigenvalue weighted by Crippen LogP contribution is -2.50. The third-order valence-corrected chi connectivity index (χ3v) is 7.95. The summed E-state index contributed by atoms with van der Waals surface area (Å²) < 4.78 is 13.0. The summed E-state index contributed by atoms with van der Waals surface area (Å²) in [5.41, 5.74) is 2.85. The van der Waals surface area contributed by atoms with Gasteiger partial charge in [-0.2, -0.15) is 0 Å². The lowest BCUT2D eigenvalue weighted by atomic mass is 10.0. The van der Waals surface area contributed by atoms with Gasteiger partial charge in [0.2, 0.25) is 5.91 Å². The first-order valence-electron chi connectivity index (χ1n) is 12.7. The summed E-state index contributed by atoms with van der Waals surface area (Å²) in [7, 11) is -2.29. The van der Waals surface area contributed by atoms with E-state index in [1.54, 1.807) is 6.20 Å². The molecule has 0 saturated heterocycles. The molecule has 7 nitrogen and oxygen atoms in total. The van der Waals surface area contributed by atoms with Gasteiger partial charge < -0.3 is 20.0 Å². The van der Waals surface area contributed by atoms with Gasteiger partial charge >= 0.3 is 5.97 Å². The van der Waals surface area contributed by atoms with E-state index < -0.39 is 31.9 Å². The number of fused-ring (bicyclic) bond motifs is 2. The van der Waals surface area contributed by atoms with Crippen molar-refractivity contribution in [3.63, 3.8) is 0 Å². The van der Waals surface area contributed by atoms with Gasteiger partial charge in [-0.15, -0.1) is 0 Å². The Kier molecular flexibility index (Phi) is 8.80. The van der Waals surface area contributed by atoms with Crippen LogP contribution in [0.1, 0.15) is 31.4 Å².